The average Bonchev–Trinajstić information content (AvgIpc) is 2.39. The maximum atomic E-state index is 12.3. The molecular formula is C13H20N2O3. The maximum Gasteiger partial charge on any atom is 0.256 e. The van der Waals surface area contributed by atoms with Crippen molar-refractivity contribution in [1.82, 2.24) is 4.90 Å². The van der Waals surface area contributed by atoms with Crippen molar-refractivity contribution in [3.8, 4) is 5.75 Å². The van der Waals surface area contributed by atoms with Crippen LogP contribution in [-0.4, -0.2) is 44.7 Å². The topological polar surface area (TPSA) is 64.8 Å². The first kappa shape index (κ1) is 14.3. The highest BCUT2D eigenvalue weighted by molar-refractivity contribution is 6.00. The number of benzene rings is 1. The number of nitrogen functional groups attached to an aromatic ring is 1. The normalized spacial score (nSPS) is 10.2. The molecule has 0 saturated heterocycles. The largest absolute Gasteiger partial charge is 0.495 e. The summed E-state index contributed by atoms with van der Waals surface area (Å²) < 4.78 is 10.1. The second kappa shape index (κ2) is 6.86. The summed E-state index contributed by atoms with van der Waals surface area (Å²) in [6.45, 7) is 3.58. The van der Waals surface area contributed by atoms with E-state index in [1.165, 1.54) is 7.11 Å². The molecule has 2 N–H and O–H groups in total. The molecule has 0 unspecified atom stereocenters. The number of hydrogen-bond donors (Lipinski definition) is 1. The molecule has 0 aliphatic carbocycles. The van der Waals surface area contributed by atoms with Crippen LogP contribution in [0.3, 0.4) is 0 Å². The molecule has 1 amide bonds. The lowest BCUT2D eigenvalue weighted by Gasteiger charge is -2.21. The van der Waals surface area contributed by atoms with Gasteiger partial charge in [0.1, 0.15) is 5.75 Å². The third-order valence-electron chi connectivity index (χ3n) is 2.75. The van der Waals surface area contributed by atoms with Crippen LogP contribution in [0.5, 0.6) is 5.75 Å². The smallest absolute Gasteiger partial charge is 0.256 e. The molecule has 0 radical (unpaired) electrons. The van der Waals surface area contributed by atoms with E-state index in [4.69, 9.17) is 15.2 Å². The Balaban J connectivity index is 2.94. The van der Waals surface area contributed by atoms with Gasteiger partial charge in [-0.05, 0) is 19.1 Å². The van der Waals surface area contributed by atoms with Gasteiger partial charge < -0.3 is 20.1 Å². The predicted octanol–water partition coefficient (Wildman–Crippen LogP) is 1.39. The number of carbonyl (C=O) groups is 1. The van der Waals surface area contributed by atoms with Gasteiger partial charge in [0.05, 0.1) is 25.0 Å². The van der Waals surface area contributed by atoms with Crippen molar-refractivity contribution in [3.05, 3.63) is 23.8 Å². The Labute approximate surface area is 107 Å². The molecule has 0 saturated carbocycles. The Morgan fingerprint density at radius 2 is 2.11 bits per heavy atom. The quantitative estimate of drug-likeness (QED) is 0.777. The lowest BCUT2D eigenvalue weighted by Crippen LogP contribution is -2.34. The second-order valence-electron chi connectivity index (χ2n) is 3.80. The van der Waals surface area contributed by atoms with Crippen molar-refractivity contribution in [3.63, 3.8) is 0 Å². The Morgan fingerprint density at radius 3 is 2.67 bits per heavy atom. The van der Waals surface area contributed by atoms with Crippen LogP contribution in [0.4, 0.5) is 5.69 Å². The Kier molecular flexibility index (Phi) is 5.45. The lowest BCUT2D eigenvalue weighted by molar-refractivity contribution is 0.0707. The minimum absolute atomic E-state index is 0.106. The van der Waals surface area contributed by atoms with Crippen LogP contribution in [0.25, 0.3) is 0 Å². The van der Waals surface area contributed by atoms with Gasteiger partial charge in [-0.1, -0.05) is 6.07 Å². The van der Waals surface area contributed by atoms with Gasteiger partial charge in [-0.15, -0.1) is 0 Å². The van der Waals surface area contributed by atoms with Crippen LogP contribution in [0.1, 0.15) is 17.3 Å². The summed E-state index contributed by atoms with van der Waals surface area (Å²) in [5.41, 5.74) is 6.75. The highest BCUT2D eigenvalue weighted by Crippen LogP contribution is 2.25. The fourth-order valence-electron chi connectivity index (χ4n) is 1.68. The third kappa shape index (κ3) is 3.13. The molecule has 0 fully saturated rings. The monoisotopic (exact) mass is 252 g/mol. The molecule has 18 heavy (non-hydrogen) atoms. The minimum Gasteiger partial charge on any atom is -0.495 e. The molecular weight excluding hydrogens is 232 g/mol. The zero-order valence-corrected chi connectivity index (χ0v) is 11.1. The van der Waals surface area contributed by atoms with Crippen LogP contribution < -0.4 is 10.5 Å². The fourth-order valence-corrected chi connectivity index (χ4v) is 1.68. The van der Waals surface area contributed by atoms with Gasteiger partial charge in [0.25, 0.3) is 5.91 Å². The summed E-state index contributed by atoms with van der Waals surface area (Å²) in [6.07, 6.45) is 0. The number of anilines is 1. The van der Waals surface area contributed by atoms with E-state index in [-0.39, 0.29) is 5.91 Å². The number of nitrogens with two attached hydrogens (primary N) is 1. The number of methoxy groups -OCH3 is 2. The van der Waals surface area contributed by atoms with E-state index < -0.39 is 0 Å². The van der Waals surface area contributed by atoms with Crippen molar-refractivity contribution < 1.29 is 14.3 Å². The molecule has 0 heterocycles. The van der Waals surface area contributed by atoms with Crippen molar-refractivity contribution in [2.24, 2.45) is 0 Å². The summed E-state index contributed by atoms with van der Waals surface area (Å²) >= 11 is 0. The van der Waals surface area contributed by atoms with Crippen LogP contribution >= 0.6 is 0 Å². The first-order valence-electron chi connectivity index (χ1n) is 5.86. The van der Waals surface area contributed by atoms with Crippen LogP contribution in [0.15, 0.2) is 18.2 Å². The number of para-hydroxylation sites is 1. The third-order valence-corrected chi connectivity index (χ3v) is 2.75. The number of carbonyl (C=O) groups excluding carboxylic acids is 1. The van der Waals surface area contributed by atoms with E-state index in [0.717, 1.165) is 0 Å². The number of likely N-dealkylation sites (N-methyl/N-ethyl adjacent to an activating group) is 1. The SMILES string of the molecule is CCN(CCOC)C(=O)c1cccc(OC)c1N. The van der Waals surface area contributed by atoms with Crippen molar-refractivity contribution in [2.75, 3.05) is 39.6 Å². The van der Waals surface area contributed by atoms with Gasteiger partial charge in [0.2, 0.25) is 0 Å². The molecule has 100 valence electrons. The Bertz CT molecular complexity index is 407. The van der Waals surface area contributed by atoms with Gasteiger partial charge in [-0.25, -0.2) is 0 Å². The first-order chi connectivity index (χ1) is 8.65. The summed E-state index contributed by atoms with van der Waals surface area (Å²) in [6, 6.07) is 5.19. The number of nitrogens with zero attached hydrogens (tertiary/aromatic N) is 1. The summed E-state index contributed by atoms with van der Waals surface area (Å²) in [5.74, 6) is 0.412. The van der Waals surface area contributed by atoms with Gasteiger partial charge in [-0.2, -0.15) is 0 Å². The van der Waals surface area contributed by atoms with E-state index in [9.17, 15) is 4.79 Å². The molecule has 0 aliphatic heterocycles. The minimum atomic E-state index is -0.106. The Morgan fingerprint density at radius 1 is 1.39 bits per heavy atom. The van der Waals surface area contributed by atoms with Crippen molar-refractivity contribution in [1.29, 1.82) is 0 Å². The van der Waals surface area contributed by atoms with Gasteiger partial charge >= 0.3 is 0 Å². The summed E-state index contributed by atoms with van der Waals surface area (Å²) in [4.78, 5) is 14.0. The summed E-state index contributed by atoms with van der Waals surface area (Å²) in [5, 5.41) is 0. The molecule has 0 aromatic heterocycles. The zero-order valence-electron chi connectivity index (χ0n) is 11.1. The molecule has 1 aromatic rings. The molecule has 0 aliphatic rings. The van der Waals surface area contributed by atoms with Crippen molar-refractivity contribution >= 4 is 11.6 Å². The van der Waals surface area contributed by atoms with E-state index >= 15 is 0 Å². The predicted molar refractivity (Wildman–Crippen MR) is 70.9 cm³/mol. The standard InChI is InChI=1S/C13H20N2O3/c1-4-15(8-9-17-2)13(16)10-6-5-7-11(18-3)12(10)14/h5-7H,4,8-9,14H2,1-3H3. The number of amides is 1. The van der Waals surface area contributed by atoms with Crippen LogP contribution in [0, 0.1) is 0 Å². The molecule has 0 bridgehead atoms. The first-order valence-corrected chi connectivity index (χ1v) is 5.86. The number of hydrogen-bond acceptors (Lipinski definition) is 4. The average molecular weight is 252 g/mol. The molecule has 1 rings (SSSR count). The van der Waals surface area contributed by atoms with Crippen molar-refractivity contribution in [2.45, 2.75) is 6.92 Å². The highest BCUT2D eigenvalue weighted by Gasteiger charge is 2.18. The number of ether oxygens (including phenoxy) is 2. The highest BCUT2D eigenvalue weighted by atomic mass is 16.5. The Hall–Kier alpha value is -1.75. The van der Waals surface area contributed by atoms with E-state index in [1.807, 2.05) is 6.92 Å². The molecule has 5 heteroatoms. The summed E-state index contributed by atoms with van der Waals surface area (Å²) in [7, 11) is 3.14. The van der Waals surface area contributed by atoms with Gasteiger partial charge in [0.15, 0.2) is 0 Å². The molecule has 1 aromatic carbocycles. The fraction of sp³-hybridized carbons (Fsp3) is 0.462. The molecule has 0 spiro atoms. The molecule has 0 atom stereocenters. The number of rotatable bonds is 6. The van der Waals surface area contributed by atoms with Gasteiger partial charge in [0, 0.05) is 20.2 Å². The second-order valence-corrected chi connectivity index (χ2v) is 3.80. The van der Waals surface area contributed by atoms with E-state index in [2.05, 4.69) is 0 Å². The lowest BCUT2D eigenvalue weighted by atomic mass is 10.1. The van der Waals surface area contributed by atoms with Crippen LogP contribution in [-0.2, 0) is 4.74 Å². The van der Waals surface area contributed by atoms with Crippen LogP contribution in [0.2, 0.25) is 0 Å². The van der Waals surface area contributed by atoms with E-state index in [0.29, 0.717) is 36.7 Å². The van der Waals surface area contributed by atoms with E-state index in [1.54, 1.807) is 30.2 Å². The van der Waals surface area contributed by atoms with Gasteiger partial charge in [-0.3, -0.25) is 4.79 Å². The molecule has 5 nitrogen and oxygen atoms in total. The zero-order chi connectivity index (χ0) is 13.5. The maximum absolute atomic E-state index is 12.3.